The minimum Gasteiger partial charge on any atom is -0.389 e. The van der Waals surface area contributed by atoms with Crippen LogP contribution in [0.15, 0.2) is 52.1 Å². The van der Waals surface area contributed by atoms with Crippen LogP contribution in [0.5, 0.6) is 0 Å². The van der Waals surface area contributed by atoms with Crippen molar-refractivity contribution < 1.29 is 8.42 Å². The second-order valence-corrected chi connectivity index (χ2v) is 6.89. The Labute approximate surface area is 130 Å². The summed E-state index contributed by atoms with van der Waals surface area (Å²) in [5.41, 5.74) is 6.36. The average molecular weight is 372 g/mol. The summed E-state index contributed by atoms with van der Waals surface area (Å²) in [5, 5.41) is 0. The minimum atomic E-state index is -3.73. The zero-order valence-electron chi connectivity index (χ0n) is 10.1. The van der Waals surface area contributed by atoms with Crippen molar-refractivity contribution in [2.45, 2.75) is 4.90 Å². The predicted molar refractivity (Wildman–Crippen MR) is 85.1 cm³/mol. The van der Waals surface area contributed by atoms with Gasteiger partial charge in [-0.3, -0.25) is 9.71 Å². The second-order valence-electron chi connectivity index (χ2n) is 3.85. The number of hydrogen-bond acceptors (Lipinski definition) is 4. The number of nitrogens with two attached hydrogens (primary N) is 1. The summed E-state index contributed by atoms with van der Waals surface area (Å²) in [5.74, 6) is 0. The number of aromatic nitrogens is 1. The van der Waals surface area contributed by atoms with Crippen LogP contribution >= 0.6 is 28.1 Å². The lowest BCUT2D eigenvalue weighted by Gasteiger charge is -2.12. The van der Waals surface area contributed by atoms with Gasteiger partial charge in [-0.25, -0.2) is 8.42 Å². The number of rotatable bonds is 4. The molecule has 0 bridgehead atoms. The predicted octanol–water partition coefficient (Wildman–Crippen LogP) is 2.28. The Morgan fingerprint density at radius 2 is 2.10 bits per heavy atom. The third-order valence-electron chi connectivity index (χ3n) is 2.44. The minimum absolute atomic E-state index is 0.0638. The number of anilines is 1. The molecule has 1 heterocycles. The van der Waals surface area contributed by atoms with Crippen molar-refractivity contribution >= 4 is 48.8 Å². The Hall–Kier alpha value is -1.51. The smallest absolute Gasteiger partial charge is 0.263 e. The van der Waals surface area contributed by atoms with Crippen molar-refractivity contribution in [3.05, 3.63) is 52.8 Å². The van der Waals surface area contributed by atoms with Gasteiger partial charge in [-0.15, -0.1) is 0 Å². The zero-order valence-corrected chi connectivity index (χ0v) is 13.3. The molecule has 0 fully saturated rings. The van der Waals surface area contributed by atoms with Gasteiger partial charge in [0.25, 0.3) is 10.0 Å². The molecular formula is C12H10BrN3O2S2. The summed E-state index contributed by atoms with van der Waals surface area (Å²) >= 11 is 8.19. The molecule has 0 radical (unpaired) electrons. The van der Waals surface area contributed by atoms with Crippen LogP contribution in [0.2, 0.25) is 0 Å². The van der Waals surface area contributed by atoms with Gasteiger partial charge in [0.1, 0.15) is 9.88 Å². The van der Waals surface area contributed by atoms with Crippen molar-refractivity contribution in [3.63, 3.8) is 0 Å². The van der Waals surface area contributed by atoms with E-state index in [0.29, 0.717) is 15.7 Å². The molecule has 8 heteroatoms. The number of benzene rings is 1. The van der Waals surface area contributed by atoms with E-state index in [-0.39, 0.29) is 9.88 Å². The summed E-state index contributed by atoms with van der Waals surface area (Å²) < 4.78 is 27.6. The first kappa shape index (κ1) is 14.9. The fourth-order valence-corrected chi connectivity index (χ4v) is 3.10. The molecule has 0 atom stereocenters. The first-order valence-electron chi connectivity index (χ1n) is 5.42. The number of pyridine rings is 1. The van der Waals surface area contributed by atoms with Gasteiger partial charge >= 0.3 is 0 Å². The quantitative estimate of drug-likeness (QED) is 0.805. The van der Waals surface area contributed by atoms with Crippen LogP contribution in [0, 0.1) is 0 Å². The van der Waals surface area contributed by atoms with Gasteiger partial charge in [0.2, 0.25) is 0 Å². The van der Waals surface area contributed by atoms with Crippen molar-refractivity contribution in [1.82, 2.24) is 4.98 Å². The van der Waals surface area contributed by atoms with Crippen molar-refractivity contribution in [3.8, 4) is 0 Å². The first-order chi connectivity index (χ1) is 9.40. The largest absolute Gasteiger partial charge is 0.389 e. The molecule has 20 heavy (non-hydrogen) atoms. The molecule has 3 N–H and O–H groups in total. The molecule has 0 unspecified atom stereocenters. The fourth-order valence-electron chi connectivity index (χ4n) is 1.53. The molecule has 1 aromatic heterocycles. The van der Waals surface area contributed by atoms with Gasteiger partial charge in [0.05, 0.1) is 5.69 Å². The number of hydrogen-bond donors (Lipinski definition) is 2. The molecule has 0 spiro atoms. The highest BCUT2D eigenvalue weighted by atomic mass is 79.9. The summed E-state index contributed by atoms with van der Waals surface area (Å²) in [6.07, 6.45) is 2.76. The highest BCUT2D eigenvalue weighted by molar-refractivity contribution is 9.10. The summed E-state index contributed by atoms with van der Waals surface area (Å²) in [4.78, 5) is 3.96. The SMILES string of the molecule is NC(=S)c1ccc(Br)cc1NS(=O)(=O)c1cccnc1. The van der Waals surface area contributed by atoms with E-state index >= 15 is 0 Å². The second kappa shape index (κ2) is 5.86. The lowest BCUT2D eigenvalue weighted by atomic mass is 10.2. The maximum absolute atomic E-state index is 12.2. The molecule has 5 nitrogen and oxygen atoms in total. The molecule has 0 saturated heterocycles. The van der Waals surface area contributed by atoms with E-state index in [2.05, 4.69) is 25.6 Å². The van der Waals surface area contributed by atoms with Crippen LogP contribution in [0.1, 0.15) is 5.56 Å². The van der Waals surface area contributed by atoms with Crippen molar-refractivity contribution in [2.75, 3.05) is 4.72 Å². The van der Waals surface area contributed by atoms with Gasteiger partial charge in [0, 0.05) is 22.4 Å². The molecule has 0 saturated carbocycles. The van der Waals surface area contributed by atoms with E-state index in [0.717, 1.165) is 0 Å². The number of halogens is 1. The molecule has 0 aliphatic heterocycles. The Kier molecular flexibility index (Phi) is 4.36. The number of nitrogens with zero attached hydrogens (tertiary/aromatic N) is 1. The van der Waals surface area contributed by atoms with Crippen molar-refractivity contribution in [1.29, 1.82) is 0 Å². The summed E-state index contributed by atoms with van der Waals surface area (Å²) in [7, 11) is -3.73. The molecule has 104 valence electrons. The topological polar surface area (TPSA) is 85.1 Å². The first-order valence-corrected chi connectivity index (χ1v) is 8.11. The van der Waals surface area contributed by atoms with Gasteiger partial charge in [-0.1, -0.05) is 28.1 Å². The van der Waals surface area contributed by atoms with E-state index in [1.807, 2.05) is 0 Å². The molecule has 0 amide bonds. The Morgan fingerprint density at radius 1 is 1.35 bits per heavy atom. The highest BCUT2D eigenvalue weighted by Gasteiger charge is 2.17. The molecule has 0 aliphatic carbocycles. The van der Waals surface area contributed by atoms with Gasteiger partial charge in [0.15, 0.2) is 0 Å². The molecule has 0 aliphatic rings. The lowest BCUT2D eigenvalue weighted by molar-refractivity contribution is 0.601. The Balaban J connectivity index is 2.44. The molecule has 2 rings (SSSR count). The third kappa shape index (κ3) is 3.33. The van der Waals surface area contributed by atoms with Crippen LogP contribution in [-0.2, 0) is 10.0 Å². The Bertz CT molecular complexity index is 749. The maximum Gasteiger partial charge on any atom is 0.263 e. The van der Waals surface area contributed by atoms with E-state index in [4.69, 9.17) is 18.0 Å². The number of thiocarbonyl (C=S) groups is 1. The van der Waals surface area contributed by atoms with E-state index in [9.17, 15) is 8.42 Å². The maximum atomic E-state index is 12.2. The molecule has 2 aromatic rings. The zero-order chi connectivity index (χ0) is 14.8. The van der Waals surface area contributed by atoms with Crippen LogP contribution in [0.3, 0.4) is 0 Å². The molecule has 1 aromatic carbocycles. The highest BCUT2D eigenvalue weighted by Crippen LogP contribution is 2.24. The van der Waals surface area contributed by atoms with Crippen molar-refractivity contribution in [2.24, 2.45) is 5.73 Å². The van der Waals surface area contributed by atoms with Gasteiger partial charge in [-0.05, 0) is 30.3 Å². The normalized spacial score (nSPS) is 11.1. The third-order valence-corrected chi connectivity index (χ3v) is 4.50. The lowest BCUT2D eigenvalue weighted by Crippen LogP contribution is -2.18. The van der Waals surface area contributed by atoms with Gasteiger partial charge < -0.3 is 5.73 Å². The number of nitrogens with one attached hydrogen (secondary N) is 1. The van der Waals surface area contributed by atoms with Crippen LogP contribution < -0.4 is 10.5 Å². The summed E-state index contributed by atoms with van der Waals surface area (Å²) in [6.45, 7) is 0. The van der Waals surface area contributed by atoms with Gasteiger partial charge in [-0.2, -0.15) is 0 Å². The van der Waals surface area contributed by atoms with Crippen LogP contribution in [-0.4, -0.2) is 18.4 Å². The average Bonchev–Trinajstić information content (AvgIpc) is 2.39. The van der Waals surface area contributed by atoms with E-state index in [1.54, 1.807) is 24.3 Å². The van der Waals surface area contributed by atoms with Crippen LogP contribution in [0.25, 0.3) is 0 Å². The standard InChI is InChI=1S/C12H10BrN3O2S2/c13-8-3-4-10(12(14)19)11(6-8)16-20(17,18)9-2-1-5-15-7-9/h1-7,16H,(H2,14,19). The monoisotopic (exact) mass is 371 g/mol. The van der Waals surface area contributed by atoms with E-state index < -0.39 is 10.0 Å². The summed E-state index contributed by atoms with van der Waals surface area (Å²) in [6, 6.07) is 7.98. The van der Waals surface area contributed by atoms with E-state index in [1.165, 1.54) is 18.5 Å². The van der Waals surface area contributed by atoms with Crippen LogP contribution in [0.4, 0.5) is 5.69 Å². The number of sulfonamides is 1. The molecular weight excluding hydrogens is 362 g/mol. The fraction of sp³-hybridized carbons (Fsp3) is 0. The Morgan fingerprint density at radius 3 is 2.70 bits per heavy atom.